The Labute approximate surface area is 163 Å². The van der Waals surface area contributed by atoms with Gasteiger partial charge in [-0.2, -0.15) is 4.31 Å². The van der Waals surface area contributed by atoms with E-state index in [2.05, 4.69) is 10.2 Å². The van der Waals surface area contributed by atoms with Gasteiger partial charge in [-0.3, -0.25) is 4.79 Å². The Morgan fingerprint density at radius 3 is 2.48 bits per heavy atom. The maximum absolute atomic E-state index is 12.6. The molecule has 1 aromatic carbocycles. The van der Waals surface area contributed by atoms with Gasteiger partial charge in [0.2, 0.25) is 10.0 Å². The van der Waals surface area contributed by atoms with Gasteiger partial charge in [-0.05, 0) is 44.0 Å². The van der Waals surface area contributed by atoms with Crippen LogP contribution < -0.4 is 0 Å². The van der Waals surface area contributed by atoms with Crippen LogP contribution in [0.2, 0.25) is 0 Å². The molecule has 0 spiro atoms. The monoisotopic (exact) mass is 410 g/mol. The van der Waals surface area contributed by atoms with E-state index in [1.54, 1.807) is 42.8 Å². The summed E-state index contributed by atoms with van der Waals surface area (Å²) in [6, 6.07) is 6.66. The van der Waals surface area contributed by atoms with E-state index >= 15 is 0 Å². The minimum atomic E-state index is -3.43. The molecule has 10 heteroatoms. The number of esters is 1. The SMILES string of the molecule is CCOC(=O)CSc1nnc(-c2ccc(S(=O)(=O)N3CCCC3)cc2)n1C. The molecule has 0 amide bonds. The van der Waals surface area contributed by atoms with Crippen molar-refractivity contribution in [3.8, 4) is 11.4 Å². The average Bonchev–Trinajstić information content (AvgIpc) is 3.31. The molecule has 3 rings (SSSR count). The summed E-state index contributed by atoms with van der Waals surface area (Å²) >= 11 is 1.25. The highest BCUT2D eigenvalue weighted by molar-refractivity contribution is 7.99. The lowest BCUT2D eigenvalue weighted by Gasteiger charge is -2.15. The van der Waals surface area contributed by atoms with Crippen molar-refractivity contribution in [3.63, 3.8) is 0 Å². The van der Waals surface area contributed by atoms with Gasteiger partial charge in [-0.1, -0.05) is 11.8 Å². The zero-order valence-electron chi connectivity index (χ0n) is 15.3. The summed E-state index contributed by atoms with van der Waals surface area (Å²) < 4.78 is 33.4. The molecule has 27 heavy (non-hydrogen) atoms. The molecule has 0 unspecified atom stereocenters. The maximum atomic E-state index is 12.6. The van der Waals surface area contributed by atoms with Gasteiger partial charge in [0.25, 0.3) is 0 Å². The second kappa shape index (κ2) is 8.41. The maximum Gasteiger partial charge on any atom is 0.316 e. The molecular formula is C17H22N4O4S2. The number of benzene rings is 1. The van der Waals surface area contributed by atoms with E-state index in [1.807, 2.05) is 0 Å². The van der Waals surface area contributed by atoms with Crippen LogP contribution in [-0.2, 0) is 26.6 Å². The summed E-state index contributed by atoms with van der Waals surface area (Å²) in [7, 11) is -1.63. The first-order chi connectivity index (χ1) is 12.9. The molecule has 1 fully saturated rings. The van der Waals surface area contributed by atoms with E-state index in [0.717, 1.165) is 18.4 Å². The summed E-state index contributed by atoms with van der Waals surface area (Å²) in [5.74, 6) is 0.460. The number of thioether (sulfide) groups is 1. The van der Waals surface area contributed by atoms with Crippen molar-refractivity contribution in [3.05, 3.63) is 24.3 Å². The van der Waals surface area contributed by atoms with Crippen molar-refractivity contribution in [2.45, 2.75) is 29.8 Å². The van der Waals surface area contributed by atoms with E-state index in [9.17, 15) is 13.2 Å². The van der Waals surface area contributed by atoms with Gasteiger partial charge in [0.05, 0.1) is 17.3 Å². The number of carbonyl (C=O) groups excluding carboxylic acids is 1. The van der Waals surface area contributed by atoms with Gasteiger partial charge in [0.1, 0.15) is 0 Å². The molecule has 1 aliphatic heterocycles. The largest absolute Gasteiger partial charge is 0.465 e. The molecule has 0 N–H and O–H groups in total. The average molecular weight is 411 g/mol. The molecule has 0 bridgehead atoms. The molecule has 146 valence electrons. The van der Waals surface area contributed by atoms with Crippen molar-refractivity contribution in [1.82, 2.24) is 19.1 Å². The Bertz CT molecular complexity index is 904. The van der Waals surface area contributed by atoms with Crippen LogP contribution in [0, 0.1) is 0 Å². The Kier molecular flexibility index (Phi) is 6.18. The number of hydrogen-bond donors (Lipinski definition) is 0. The zero-order chi connectivity index (χ0) is 19.4. The number of hydrogen-bond acceptors (Lipinski definition) is 7. The number of rotatable bonds is 7. The van der Waals surface area contributed by atoms with Crippen molar-refractivity contribution < 1.29 is 17.9 Å². The van der Waals surface area contributed by atoms with Gasteiger partial charge >= 0.3 is 5.97 Å². The second-order valence-corrected chi connectivity index (χ2v) is 8.97. The first-order valence-corrected chi connectivity index (χ1v) is 11.1. The van der Waals surface area contributed by atoms with Crippen molar-refractivity contribution in [1.29, 1.82) is 0 Å². The van der Waals surface area contributed by atoms with Crippen LogP contribution in [0.3, 0.4) is 0 Å². The van der Waals surface area contributed by atoms with Gasteiger partial charge in [-0.25, -0.2) is 8.42 Å². The van der Waals surface area contributed by atoms with Crippen LogP contribution in [-0.4, -0.2) is 58.9 Å². The van der Waals surface area contributed by atoms with E-state index in [1.165, 1.54) is 16.1 Å². The van der Waals surface area contributed by atoms with Crippen molar-refractivity contribution >= 4 is 27.8 Å². The quantitative estimate of drug-likeness (QED) is 0.508. The smallest absolute Gasteiger partial charge is 0.316 e. The molecule has 1 aliphatic rings. The van der Waals surface area contributed by atoms with E-state index in [0.29, 0.717) is 30.7 Å². The van der Waals surface area contributed by atoms with Crippen LogP contribution in [0.15, 0.2) is 34.3 Å². The van der Waals surface area contributed by atoms with Gasteiger partial charge in [0.15, 0.2) is 11.0 Å². The molecule has 2 heterocycles. The number of carbonyl (C=O) groups is 1. The minimum absolute atomic E-state index is 0.160. The first kappa shape index (κ1) is 19.8. The van der Waals surface area contributed by atoms with E-state index in [-0.39, 0.29) is 16.6 Å². The van der Waals surface area contributed by atoms with E-state index in [4.69, 9.17) is 4.74 Å². The van der Waals surface area contributed by atoms with Crippen molar-refractivity contribution in [2.24, 2.45) is 7.05 Å². The predicted octanol–water partition coefficient (Wildman–Crippen LogP) is 1.92. The van der Waals surface area contributed by atoms with Gasteiger partial charge < -0.3 is 9.30 Å². The normalized spacial score (nSPS) is 15.2. The van der Waals surface area contributed by atoms with E-state index < -0.39 is 10.0 Å². The highest BCUT2D eigenvalue weighted by Gasteiger charge is 2.27. The second-order valence-electron chi connectivity index (χ2n) is 6.09. The topological polar surface area (TPSA) is 94.4 Å². The molecule has 0 atom stereocenters. The van der Waals surface area contributed by atoms with Crippen molar-refractivity contribution in [2.75, 3.05) is 25.4 Å². The molecule has 0 radical (unpaired) electrons. The Balaban J connectivity index is 1.75. The predicted molar refractivity (Wildman–Crippen MR) is 102 cm³/mol. The molecular weight excluding hydrogens is 388 g/mol. The standard InChI is InChI=1S/C17H22N4O4S2/c1-3-25-15(22)12-26-17-19-18-16(20(17)2)13-6-8-14(9-7-13)27(23,24)21-10-4-5-11-21/h6-9H,3-5,10-12H2,1-2H3. The zero-order valence-corrected chi connectivity index (χ0v) is 16.9. The summed E-state index contributed by atoms with van der Waals surface area (Å²) in [4.78, 5) is 11.8. The van der Waals surface area contributed by atoms with Gasteiger partial charge in [0, 0.05) is 25.7 Å². The molecule has 1 aromatic heterocycles. The number of sulfonamides is 1. The highest BCUT2D eigenvalue weighted by atomic mass is 32.2. The molecule has 0 saturated carbocycles. The van der Waals surface area contributed by atoms with Crippen LogP contribution in [0.25, 0.3) is 11.4 Å². The fourth-order valence-corrected chi connectivity index (χ4v) is 5.10. The number of ether oxygens (including phenoxy) is 1. The van der Waals surface area contributed by atoms with Crippen LogP contribution in [0.5, 0.6) is 0 Å². The molecule has 0 aliphatic carbocycles. The highest BCUT2D eigenvalue weighted by Crippen LogP contribution is 2.26. The summed E-state index contributed by atoms with van der Waals surface area (Å²) in [6.45, 7) is 3.26. The molecule has 2 aromatic rings. The van der Waals surface area contributed by atoms with Crippen LogP contribution in [0.4, 0.5) is 0 Å². The third-order valence-electron chi connectivity index (χ3n) is 4.27. The van der Waals surface area contributed by atoms with Gasteiger partial charge in [-0.15, -0.1) is 10.2 Å². The number of nitrogens with zero attached hydrogens (tertiary/aromatic N) is 4. The third kappa shape index (κ3) is 4.33. The lowest BCUT2D eigenvalue weighted by molar-refractivity contribution is -0.139. The fourth-order valence-electron chi connectivity index (χ4n) is 2.87. The lowest BCUT2D eigenvalue weighted by atomic mass is 10.2. The minimum Gasteiger partial charge on any atom is -0.465 e. The summed E-state index contributed by atoms with van der Waals surface area (Å²) in [5, 5.41) is 8.85. The fraction of sp³-hybridized carbons (Fsp3) is 0.471. The van der Waals surface area contributed by atoms with Crippen LogP contribution >= 0.6 is 11.8 Å². The Morgan fingerprint density at radius 2 is 1.85 bits per heavy atom. The first-order valence-electron chi connectivity index (χ1n) is 8.72. The summed E-state index contributed by atoms with van der Waals surface area (Å²) in [5.41, 5.74) is 0.758. The summed E-state index contributed by atoms with van der Waals surface area (Å²) in [6.07, 6.45) is 1.81. The number of aromatic nitrogens is 3. The lowest BCUT2D eigenvalue weighted by Crippen LogP contribution is -2.27. The van der Waals surface area contributed by atoms with Crippen LogP contribution in [0.1, 0.15) is 19.8 Å². The Morgan fingerprint density at radius 1 is 1.19 bits per heavy atom. The molecule has 8 nitrogen and oxygen atoms in total. The third-order valence-corrected chi connectivity index (χ3v) is 7.18. The Hall–Kier alpha value is -1.91. The molecule has 1 saturated heterocycles.